The Labute approximate surface area is 141 Å². The number of hydrogen-bond acceptors (Lipinski definition) is 3. The van der Waals surface area contributed by atoms with Crippen LogP contribution in [0.3, 0.4) is 0 Å². The van der Waals surface area contributed by atoms with Crippen molar-refractivity contribution < 1.29 is 5.11 Å². The largest absolute Gasteiger partial charge is 0.392 e. The van der Waals surface area contributed by atoms with Crippen molar-refractivity contribution in [1.82, 2.24) is 4.90 Å². The normalized spacial score (nSPS) is 10.5. The molecule has 0 aliphatic carbocycles. The lowest BCUT2D eigenvalue weighted by Crippen LogP contribution is -2.11. The summed E-state index contributed by atoms with van der Waals surface area (Å²) in [6.07, 6.45) is 0. The Bertz CT molecular complexity index is 590. The topological polar surface area (TPSA) is 23.5 Å². The molecule has 21 heavy (non-hydrogen) atoms. The van der Waals surface area contributed by atoms with Crippen molar-refractivity contribution in [2.45, 2.75) is 22.9 Å². The van der Waals surface area contributed by atoms with E-state index in [4.69, 9.17) is 11.6 Å². The maximum absolute atomic E-state index is 9.46. The van der Waals surface area contributed by atoms with Crippen LogP contribution in [0, 0.1) is 0 Å². The highest BCUT2D eigenvalue weighted by molar-refractivity contribution is 7.99. The molecule has 2 aromatic carbocycles. The van der Waals surface area contributed by atoms with Gasteiger partial charge >= 0.3 is 0 Å². The van der Waals surface area contributed by atoms with Crippen LogP contribution in [-0.2, 0) is 13.2 Å². The lowest BCUT2D eigenvalue weighted by molar-refractivity contribution is 0.279. The third-order valence-electron chi connectivity index (χ3n) is 2.87. The van der Waals surface area contributed by atoms with E-state index in [0.717, 1.165) is 17.0 Å². The zero-order valence-electron chi connectivity index (χ0n) is 12.0. The van der Waals surface area contributed by atoms with Gasteiger partial charge in [-0.1, -0.05) is 41.6 Å². The second-order valence-corrected chi connectivity index (χ2v) is 6.38. The highest BCUT2D eigenvalue weighted by Gasteiger charge is 2.08. The molecule has 0 fully saturated rings. The summed E-state index contributed by atoms with van der Waals surface area (Å²) in [5, 5.41) is 10.1. The van der Waals surface area contributed by atoms with Gasteiger partial charge in [0.25, 0.3) is 0 Å². The van der Waals surface area contributed by atoms with Gasteiger partial charge in [-0.3, -0.25) is 0 Å². The Morgan fingerprint density at radius 2 is 1.71 bits per heavy atom. The van der Waals surface area contributed by atoms with E-state index in [2.05, 4.69) is 37.2 Å². The molecule has 1 N–H and O–H groups in total. The first kappa shape index (κ1) is 18.3. The van der Waals surface area contributed by atoms with Crippen LogP contribution in [0.5, 0.6) is 0 Å². The van der Waals surface area contributed by atoms with Crippen LogP contribution < -0.4 is 0 Å². The molecule has 0 amide bonds. The van der Waals surface area contributed by atoms with Gasteiger partial charge in [-0.25, -0.2) is 0 Å². The Morgan fingerprint density at radius 1 is 1.05 bits per heavy atom. The van der Waals surface area contributed by atoms with Gasteiger partial charge in [-0.2, -0.15) is 0 Å². The number of aliphatic hydroxyl groups excluding tert-OH is 1. The fraction of sp³-hybridized carbons (Fsp3) is 0.250. The van der Waals surface area contributed by atoms with Gasteiger partial charge in [0.1, 0.15) is 0 Å². The van der Waals surface area contributed by atoms with Crippen molar-refractivity contribution in [2.24, 2.45) is 0 Å². The number of benzene rings is 2. The van der Waals surface area contributed by atoms with Crippen LogP contribution in [0.15, 0.2) is 52.3 Å². The monoisotopic (exact) mass is 343 g/mol. The quantitative estimate of drug-likeness (QED) is 0.866. The number of aliphatic hydroxyl groups is 1. The summed E-state index contributed by atoms with van der Waals surface area (Å²) in [5.74, 6) is 0. The first-order valence-corrected chi connectivity index (χ1v) is 7.59. The number of halogens is 2. The predicted molar refractivity (Wildman–Crippen MR) is 92.6 cm³/mol. The molecule has 0 bridgehead atoms. The maximum Gasteiger partial charge on any atom is 0.0693 e. The zero-order valence-corrected chi connectivity index (χ0v) is 14.4. The molecule has 2 nitrogen and oxygen atoms in total. The minimum atomic E-state index is -0.00125. The molecule has 0 aliphatic rings. The Hall–Kier alpha value is -0.710. The van der Waals surface area contributed by atoms with Gasteiger partial charge in [-0.05, 0) is 49.5 Å². The van der Waals surface area contributed by atoms with Crippen molar-refractivity contribution >= 4 is 35.8 Å². The molecule has 114 valence electrons. The van der Waals surface area contributed by atoms with Gasteiger partial charge < -0.3 is 10.0 Å². The minimum Gasteiger partial charge on any atom is -0.392 e. The molecular formula is C16H19Cl2NOS. The molecule has 0 saturated carbocycles. The van der Waals surface area contributed by atoms with Gasteiger partial charge in [0.2, 0.25) is 0 Å². The lowest BCUT2D eigenvalue weighted by atomic mass is 10.2. The van der Waals surface area contributed by atoms with Gasteiger partial charge in [0.15, 0.2) is 0 Å². The molecule has 0 aromatic heterocycles. The molecule has 0 radical (unpaired) electrons. The molecule has 0 saturated heterocycles. The van der Waals surface area contributed by atoms with Crippen LogP contribution in [-0.4, -0.2) is 24.1 Å². The van der Waals surface area contributed by atoms with E-state index in [0.29, 0.717) is 5.02 Å². The zero-order chi connectivity index (χ0) is 14.5. The SMILES string of the molecule is CN(C)Cc1ccccc1Sc1ccc(Cl)cc1CO.Cl. The van der Waals surface area contributed by atoms with Crippen molar-refractivity contribution in [2.75, 3.05) is 14.1 Å². The number of hydrogen-bond donors (Lipinski definition) is 1. The van der Waals surface area contributed by atoms with Crippen molar-refractivity contribution in [3.05, 3.63) is 58.6 Å². The van der Waals surface area contributed by atoms with E-state index >= 15 is 0 Å². The van der Waals surface area contributed by atoms with E-state index in [9.17, 15) is 5.11 Å². The molecule has 2 rings (SSSR count). The van der Waals surface area contributed by atoms with Crippen molar-refractivity contribution in [1.29, 1.82) is 0 Å². The molecule has 2 aromatic rings. The van der Waals surface area contributed by atoms with Crippen LogP contribution in [0.2, 0.25) is 5.02 Å². The van der Waals surface area contributed by atoms with Gasteiger partial charge in [0.05, 0.1) is 6.61 Å². The molecule has 0 unspecified atom stereocenters. The Kier molecular flexibility index (Phi) is 7.57. The lowest BCUT2D eigenvalue weighted by Gasteiger charge is -2.15. The van der Waals surface area contributed by atoms with Crippen LogP contribution >= 0.6 is 35.8 Å². The average Bonchev–Trinajstić information content (AvgIpc) is 2.42. The third-order valence-corrected chi connectivity index (χ3v) is 4.34. The summed E-state index contributed by atoms with van der Waals surface area (Å²) in [6.45, 7) is 0.893. The molecule has 0 spiro atoms. The second kappa shape index (κ2) is 8.66. The third kappa shape index (κ3) is 5.20. The first-order valence-electron chi connectivity index (χ1n) is 6.40. The fourth-order valence-corrected chi connectivity index (χ4v) is 3.20. The maximum atomic E-state index is 9.46. The predicted octanol–water partition coefficient (Wildman–Crippen LogP) is 4.47. The van der Waals surface area contributed by atoms with Crippen LogP contribution in [0.25, 0.3) is 0 Å². The van der Waals surface area contributed by atoms with Crippen molar-refractivity contribution in [3.8, 4) is 0 Å². The summed E-state index contributed by atoms with van der Waals surface area (Å²) in [7, 11) is 4.12. The smallest absolute Gasteiger partial charge is 0.0693 e. The Morgan fingerprint density at radius 3 is 2.38 bits per heavy atom. The van der Waals surface area contributed by atoms with E-state index in [1.165, 1.54) is 10.5 Å². The average molecular weight is 344 g/mol. The highest BCUT2D eigenvalue weighted by Crippen LogP contribution is 2.34. The highest BCUT2D eigenvalue weighted by atomic mass is 35.5. The second-order valence-electron chi connectivity index (χ2n) is 4.86. The summed E-state index contributed by atoms with van der Waals surface area (Å²) in [6, 6.07) is 14.0. The van der Waals surface area contributed by atoms with E-state index in [1.54, 1.807) is 11.8 Å². The summed E-state index contributed by atoms with van der Waals surface area (Å²) < 4.78 is 0. The number of rotatable bonds is 5. The van der Waals surface area contributed by atoms with E-state index in [-0.39, 0.29) is 19.0 Å². The van der Waals surface area contributed by atoms with Crippen LogP contribution in [0.4, 0.5) is 0 Å². The molecule has 0 aliphatic heterocycles. The minimum absolute atomic E-state index is 0. The molecule has 0 heterocycles. The molecular weight excluding hydrogens is 325 g/mol. The summed E-state index contributed by atoms with van der Waals surface area (Å²) in [5.41, 5.74) is 2.14. The van der Waals surface area contributed by atoms with Gasteiger partial charge in [-0.15, -0.1) is 12.4 Å². The Balaban J connectivity index is 0.00000220. The summed E-state index contributed by atoms with van der Waals surface area (Å²) in [4.78, 5) is 4.40. The van der Waals surface area contributed by atoms with E-state index < -0.39 is 0 Å². The van der Waals surface area contributed by atoms with Gasteiger partial charge in [0, 0.05) is 21.4 Å². The summed E-state index contributed by atoms with van der Waals surface area (Å²) >= 11 is 7.64. The van der Waals surface area contributed by atoms with E-state index in [1.807, 2.05) is 24.3 Å². The fourth-order valence-electron chi connectivity index (χ4n) is 1.96. The molecule has 5 heteroatoms. The van der Waals surface area contributed by atoms with Crippen molar-refractivity contribution in [3.63, 3.8) is 0 Å². The molecule has 0 atom stereocenters. The number of nitrogens with zero attached hydrogens (tertiary/aromatic N) is 1. The standard InChI is InChI=1S/C16H18ClNOS.ClH/c1-18(2)10-12-5-3-4-6-15(12)20-16-8-7-14(17)9-13(16)11-19;/h3-9,19H,10-11H2,1-2H3;1H. The first-order chi connectivity index (χ1) is 9.60. The van der Waals surface area contributed by atoms with Crippen LogP contribution in [0.1, 0.15) is 11.1 Å².